The molecule has 184 valence electrons. The lowest BCUT2D eigenvalue weighted by molar-refractivity contribution is -0.889. The number of amides is 2. The number of nitrogens with zero attached hydrogens (tertiary/aromatic N) is 4. The Morgan fingerprint density at radius 1 is 1.20 bits per heavy atom. The molecule has 1 heterocycles. The molecular weight excluding hydrogens is 479 g/mol. The van der Waals surface area contributed by atoms with Crippen LogP contribution in [0.15, 0.2) is 53.9 Å². The molecule has 11 heteroatoms. The highest BCUT2D eigenvalue weighted by molar-refractivity contribution is 7.14. The van der Waals surface area contributed by atoms with Gasteiger partial charge >= 0.3 is 12.2 Å². The molecule has 0 atom stereocenters. The lowest BCUT2D eigenvalue weighted by atomic mass is 10.1. The first kappa shape index (κ1) is 26.2. The number of halogens is 3. The summed E-state index contributed by atoms with van der Waals surface area (Å²) < 4.78 is 40.5. The number of carbonyl (C=O) groups excluding carboxylic acids is 1. The van der Waals surface area contributed by atoms with E-state index in [0.717, 1.165) is 28.4 Å². The number of carbonyl (C=O) groups is 1. The molecular formula is C24H25F3N5O2S+. The molecule has 0 unspecified atom stereocenters. The number of quaternary nitrogens is 1. The van der Waals surface area contributed by atoms with E-state index >= 15 is 0 Å². The van der Waals surface area contributed by atoms with Crippen LogP contribution >= 0.6 is 11.3 Å². The number of thiazole rings is 1. The van der Waals surface area contributed by atoms with E-state index in [4.69, 9.17) is 5.26 Å². The number of nitriles is 1. The third kappa shape index (κ3) is 6.79. The normalized spacial score (nSPS) is 11.7. The molecule has 0 aliphatic carbocycles. The van der Waals surface area contributed by atoms with Crippen LogP contribution in [0.5, 0.6) is 0 Å². The van der Waals surface area contributed by atoms with Gasteiger partial charge in [0.05, 0.1) is 62.4 Å². The Hall–Kier alpha value is -3.46. The van der Waals surface area contributed by atoms with Gasteiger partial charge in [0.2, 0.25) is 0 Å². The highest BCUT2D eigenvalue weighted by Gasteiger charge is 2.32. The molecule has 1 aromatic heterocycles. The lowest BCUT2D eigenvalue weighted by Crippen LogP contribution is -2.48. The lowest BCUT2D eigenvalue weighted by Gasteiger charge is -2.29. The van der Waals surface area contributed by atoms with Crippen LogP contribution in [0, 0.1) is 11.3 Å². The van der Waals surface area contributed by atoms with Gasteiger partial charge in [0.15, 0.2) is 5.13 Å². The maximum absolute atomic E-state index is 13.4. The van der Waals surface area contributed by atoms with Crippen molar-refractivity contribution in [3.05, 3.63) is 65.0 Å². The van der Waals surface area contributed by atoms with Gasteiger partial charge in [0, 0.05) is 10.9 Å². The first-order valence-electron chi connectivity index (χ1n) is 10.7. The summed E-state index contributed by atoms with van der Waals surface area (Å²) >= 11 is 1.10. The van der Waals surface area contributed by atoms with Crippen LogP contribution < -0.4 is 10.2 Å². The fraction of sp³-hybridized carbons (Fsp3) is 0.292. The summed E-state index contributed by atoms with van der Waals surface area (Å²) in [7, 11) is 3.80. The molecule has 0 saturated carbocycles. The largest absolute Gasteiger partial charge is 0.416 e. The number of aliphatic hydroxyl groups is 1. The van der Waals surface area contributed by atoms with Crippen molar-refractivity contribution < 1.29 is 27.6 Å². The number of hydrogen-bond donors (Lipinski definition) is 2. The third-order valence-electron chi connectivity index (χ3n) is 5.30. The van der Waals surface area contributed by atoms with Crippen molar-refractivity contribution in [2.24, 2.45) is 0 Å². The number of rotatable bonds is 8. The number of aliphatic hydroxyl groups excluding tert-OH is 1. The maximum atomic E-state index is 13.4. The van der Waals surface area contributed by atoms with Crippen LogP contribution in [0.3, 0.4) is 0 Å². The Balaban J connectivity index is 1.94. The second kappa shape index (κ2) is 10.9. The number of aromatic nitrogens is 1. The summed E-state index contributed by atoms with van der Waals surface area (Å²) in [5.41, 5.74) is 0.722. The van der Waals surface area contributed by atoms with Crippen LogP contribution in [-0.4, -0.2) is 60.9 Å². The van der Waals surface area contributed by atoms with Gasteiger partial charge in [-0.3, -0.25) is 0 Å². The Kier molecular flexibility index (Phi) is 8.11. The average Bonchev–Trinajstić information content (AvgIpc) is 3.28. The van der Waals surface area contributed by atoms with Crippen molar-refractivity contribution in [3.8, 4) is 17.3 Å². The van der Waals surface area contributed by atoms with Crippen LogP contribution in [-0.2, 0) is 6.18 Å². The van der Waals surface area contributed by atoms with Crippen LogP contribution in [0.4, 0.5) is 28.8 Å². The fourth-order valence-electron chi connectivity index (χ4n) is 3.31. The summed E-state index contributed by atoms with van der Waals surface area (Å²) in [6.07, 6.45) is -4.57. The molecule has 0 radical (unpaired) electrons. The zero-order chi connectivity index (χ0) is 25.6. The molecule has 3 aromatic rings. The highest BCUT2D eigenvalue weighted by Crippen LogP contribution is 2.36. The topological polar surface area (TPSA) is 89.2 Å². The zero-order valence-electron chi connectivity index (χ0n) is 19.2. The molecule has 0 aliphatic heterocycles. The number of benzene rings is 2. The summed E-state index contributed by atoms with van der Waals surface area (Å²) in [5, 5.41) is 23.0. The van der Waals surface area contributed by atoms with E-state index in [1.54, 1.807) is 29.6 Å². The van der Waals surface area contributed by atoms with Crippen molar-refractivity contribution in [3.63, 3.8) is 0 Å². The molecule has 3 rings (SSSR count). The van der Waals surface area contributed by atoms with Gasteiger partial charge in [-0.05, 0) is 30.3 Å². The van der Waals surface area contributed by atoms with E-state index in [9.17, 15) is 23.1 Å². The van der Waals surface area contributed by atoms with Crippen LogP contribution in [0.2, 0.25) is 0 Å². The molecule has 0 spiro atoms. The van der Waals surface area contributed by atoms with E-state index in [2.05, 4.69) is 16.4 Å². The second-order valence-corrected chi connectivity index (χ2v) is 9.27. The van der Waals surface area contributed by atoms with Gasteiger partial charge in [0.25, 0.3) is 0 Å². The molecule has 2 amide bonds. The molecule has 0 aliphatic rings. The number of hydrogen-bond acceptors (Lipinski definition) is 5. The number of anilines is 2. The van der Waals surface area contributed by atoms with Crippen molar-refractivity contribution >= 4 is 28.2 Å². The number of alkyl halides is 3. The highest BCUT2D eigenvalue weighted by atomic mass is 32.1. The standard InChI is InChI=1S/C24H24F3N5O2S/c1-32(2,11-12-33)10-9-29-22(34)31(20-8-4-7-19(14-20)24(25,26)27)23-30-21(16-35-23)18-6-3-5-17(13-18)15-28/h3-8,13-14,16,33H,9-12H2,1-2H3/p+1. The van der Waals surface area contributed by atoms with E-state index in [1.165, 1.54) is 12.1 Å². The van der Waals surface area contributed by atoms with Crippen LogP contribution in [0.1, 0.15) is 11.1 Å². The average molecular weight is 505 g/mol. The first-order chi connectivity index (χ1) is 16.5. The minimum Gasteiger partial charge on any atom is -0.391 e. The summed E-state index contributed by atoms with van der Waals surface area (Å²) in [5.74, 6) is 0. The van der Waals surface area contributed by atoms with Crippen molar-refractivity contribution in [2.75, 3.05) is 45.2 Å². The Morgan fingerprint density at radius 3 is 2.63 bits per heavy atom. The molecule has 0 fully saturated rings. The quantitative estimate of drug-likeness (QED) is 0.438. The van der Waals surface area contributed by atoms with Crippen LogP contribution in [0.25, 0.3) is 11.3 Å². The van der Waals surface area contributed by atoms with Crippen molar-refractivity contribution in [1.82, 2.24) is 10.3 Å². The van der Waals surface area contributed by atoms with E-state index in [1.807, 2.05) is 14.1 Å². The van der Waals surface area contributed by atoms with E-state index in [-0.39, 0.29) is 24.0 Å². The third-order valence-corrected chi connectivity index (χ3v) is 6.13. The molecule has 35 heavy (non-hydrogen) atoms. The van der Waals surface area contributed by atoms with E-state index in [0.29, 0.717) is 34.4 Å². The summed E-state index contributed by atoms with van der Waals surface area (Å²) in [6, 6.07) is 12.7. The second-order valence-electron chi connectivity index (χ2n) is 8.43. The molecule has 0 bridgehead atoms. The monoisotopic (exact) mass is 504 g/mol. The van der Waals surface area contributed by atoms with Gasteiger partial charge in [-0.25, -0.2) is 14.7 Å². The van der Waals surface area contributed by atoms with E-state index < -0.39 is 17.8 Å². The van der Waals surface area contributed by atoms with Gasteiger partial charge in [-0.1, -0.05) is 18.2 Å². The molecule has 7 nitrogen and oxygen atoms in total. The predicted molar refractivity (Wildman–Crippen MR) is 128 cm³/mol. The Morgan fingerprint density at radius 2 is 1.94 bits per heavy atom. The molecule has 2 aromatic carbocycles. The minimum absolute atomic E-state index is 0.00774. The number of urea groups is 1. The van der Waals surface area contributed by atoms with Gasteiger partial charge < -0.3 is 14.9 Å². The SMILES string of the molecule is C[N+](C)(CCO)CCNC(=O)N(c1cccc(C(F)(F)F)c1)c1nc(-c2cccc(C#N)c2)cs1. The zero-order valence-corrected chi connectivity index (χ0v) is 20.0. The number of likely N-dealkylation sites (N-methyl/N-ethyl adjacent to an activating group) is 1. The fourth-order valence-corrected chi connectivity index (χ4v) is 4.16. The first-order valence-corrected chi connectivity index (χ1v) is 11.6. The Labute approximate surface area is 205 Å². The molecule has 0 saturated heterocycles. The molecule has 2 N–H and O–H groups in total. The van der Waals surface area contributed by atoms with Crippen molar-refractivity contribution in [1.29, 1.82) is 5.26 Å². The van der Waals surface area contributed by atoms with Crippen molar-refractivity contribution in [2.45, 2.75) is 6.18 Å². The predicted octanol–water partition coefficient (Wildman–Crippen LogP) is 4.62. The van der Waals surface area contributed by atoms with Gasteiger partial charge in [0.1, 0.15) is 6.54 Å². The summed E-state index contributed by atoms with van der Waals surface area (Å²) in [4.78, 5) is 18.8. The summed E-state index contributed by atoms with van der Waals surface area (Å²) in [6.45, 7) is 1.23. The van der Waals surface area contributed by atoms with Gasteiger partial charge in [-0.2, -0.15) is 18.4 Å². The minimum atomic E-state index is -4.57. The van der Waals surface area contributed by atoms with Gasteiger partial charge in [-0.15, -0.1) is 11.3 Å². The Bertz CT molecular complexity index is 1220. The smallest absolute Gasteiger partial charge is 0.391 e. The maximum Gasteiger partial charge on any atom is 0.416 e. The number of nitrogens with one attached hydrogen (secondary N) is 1.